The van der Waals surface area contributed by atoms with Crippen molar-refractivity contribution in [3.05, 3.63) is 78.0 Å². The molecule has 2 N–H and O–H groups in total. The summed E-state index contributed by atoms with van der Waals surface area (Å²) in [6.07, 6.45) is -2.94. The first-order valence-corrected chi connectivity index (χ1v) is 11.1. The summed E-state index contributed by atoms with van der Waals surface area (Å²) in [5.41, 5.74) is 0.436. The van der Waals surface area contributed by atoms with Crippen LogP contribution in [0.1, 0.15) is 15.9 Å². The Balaban J connectivity index is 1.28. The number of benzene rings is 2. The standard InChI is InChI=1S/C25H24F3N5O3/c1-36-21-4-2-3-17(15-21)23(34)33-13-11-32(12-14-33)22-10-9-20(16-29-22)31-24(35)30-19-7-5-18(6-8-19)25(26,27)28/h2-10,15-16H,11-14H2,1H3,(H2,30,31,35). The van der Waals surface area contributed by atoms with Gasteiger partial charge in [0.15, 0.2) is 0 Å². The zero-order valence-electron chi connectivity index (χ0n) is 19.4. The first-order chi connectivity index (χ1) is 17.2. The van der Waals surface area contributed by atoms with E-state index in [1.54, 1.807) is 48.4 Å². The topological polar surface area (TPSA) is 86.8 Å². The molecule has 3 amide bonds. The first kappa shape index (κ1) is 24.8. The molecule has 188 valence electrons. The van der Waals surface area contributed by atoms with Crippen LogP contribution in [0, 0.1) is 0 Å². The number of piperazine rings is 1. The fourth-order valence-corrected chi connectivity index (χ4v) is 3.76. The molecule has 0 spiro atoms. The summed E-state index contributed by atoms with van der Waals surface area (Å²) in [4.78, 5) is 33.2. The summed E-state index contributed by atoms with van der Waals surface area (Å²) in [6, 6.07) is 14.1. The number of carbonyl (C=O) groups is 2. The summed E-state index contributed by atoms with van der Waals surface area (Å²) in [6.45, 7) is 2.27. The minimum Gasteiger partial charge on any atom is -0.497 e. The van der Waals surface area contributed by atoms with Gasteiger partial charge in [0.2, 0.25) is 0 Å². The third kappa shape index (κ3) is 6.04. The smallest absolute Gasteiger partial charge is 0.416 e. The summed E-state index contributed by atoms with van der Waals surface area (Å²) in [7, 11) is 1.56. The molecule has 0 unspecified atom stereocenters. The highest BCUT2D eigenvalue weighted by Gasteiger charge is 2.30. The normalized spacial score (nSPS) is 13.8. The molecule has 1 aromatic heterocycles. The van der Waals surface area contributed by atoms with E-state index < -0.39 is 17.8 Å². The number of rotatable bonds is 5. The van der Waals surface area contributed by atoms with Gasteiger partial charge in [-0.1, -0.05) is 6.07 Å². The van der Waals surface area contributed by atoms with Gasteiger partial charge in [-0.15, -0.1) is 0 Å². The van der Waals surface area contributed by atoms with E-state index in [-0.39, 0.29) is 11.6 Å². The molecule has 0 saturated carbocycles. The van der Waals surface area contributed by atoms with Crippen molar-refractivity contribution in [2.75, 3.05) is 48.8 Å². The molecule has 4 rings (SSSR count). The Labute approximate surface area is 205 Å². The number of methoxy groups -OCH3 is 1. The van der Waals surface area contributed by atoms with Crippen LogP contribution in [-0.4, -0.2) is 55.1 Å². The Bertz CT molecular complexity index is 1210. The molecule has 0 aliphatic carbocycles. The maximum absolute atomic E-state index is 12.8. The molecule has 36 heavy (non-hydrogen) atoms. The van der Waals surface area contributed by atoms with Crippen molar-refractivity contribution >= 4 is 29.1 Å². The monoisotopic (exact) mass is 499 g/mol. The molecular formula is C25H24F3N5O3. The van der Waals surface area contributed by atoms with Crippen molar-refractivity contribution in [1.29, 1.82) is 0 Å². The number of hydrogen-bond acceptors (Lipinski definition) is 5. The van der Waals surface area contributed by atoms with E-state index in [4.69, 9.17) is 4.74 Å². The van der Waals surface area contributed by atoms with Crippen molar-refractivity contribution < 1.29 is 27.5 Å². The second-order valence-corrected chi connectivity index (χ2v) is 8.07. The van der Waals surface area contributed by atoms with Crippen molar-refractivity contribution in [1.82, 2.24) is 9.88 Å². The maximum atomic E-state index is 12.8. The Kier molecular flexibility index (Phi) is 7.28. The van der Waals surface area contributed by atoms with Gasteiger partial charge in [-0.3, -0.25) is 4.79 Å². The molecule has 0 atom stereocenters. The predicted octanol–water partition coefficient (Wildman–Crippen LogP) is 4.72. The number of halogens is 3. The van der Waals surface area contributed by atoms with Crippen LogP contribution in [0.3, 0.4) is 0 Å². The Hall–Kier alpha value is -4.28. The average molecular weight is 499 g/mol. The summed E-state index contributed by atoms with van der Waals surface area (Å²) >= 11 is 0. The van der Waals surface area contributed by atoms with Crippen LogP contribution >= 0.6 is 0 Å². The molecule has 2 aromatic carbocycles. The second-order valence-electron chi connectivity index (χ2n) is 8.07. The number of carbonyl (C=O) groups excluding carboxylic acids is 2. The fraction of sp³-hybridized carbons (Fsp3) is 0.240. The Morgan fingerprint density at radius 1 is 0.917 bits per heavy atom. The summed E-state index contributed by atoms with van der Waals surface area (Å²) in [5, 5.41) is 5.08. The van der Waals surface area contributed by atoms with E-state index in [2.05, 4.69) is 15.6 Å². The average Bonchev–Trinajstić information content (AvgIpc) is 2.88. The first-order valence-electron chi connectivity index (χ1n) is 11.1. The van der Waals surface area contributed by atoms with Gasteiger partial charge in [-0.2, -0.15) is 13.2 Å². The number of nitrogens with zero attached hydrogens (tertiary/aromatic N) is 3. The number of anilines is 3. The van der Waals surface area contributed by atoms with Gasteiger partial charge in [0.05, 0.1) is 24.6 Å². The second kappa shape index (κ2) is 10.5. The van der Waals surface area contributed by atoms with Gasteiger partial charge in [-0.25, -0.2) is 9.78 Å². The molecule has 1 aliphatic rings. The lowest BCUT2D eigenvalue weighted by atomic mass is 10.1. The number of ether oxygens (including phenoxy) is 1. The van der Waals surface area contributed by atoms with Gasteiger partial charge >= 0.3 is 12.2 Å². The van der Waals surface area contributed by atoms with Crippen molar-refractivity contribution in [3.63, 3.8) is 0 Å². The number of urea groups is 1. The molecule has 2 heterocycles. The number of pyridine rings is 1. The number of hydrogen-bond donors (Lipinski definition) is 2. The molecule has 8 nitrogen and oxygen atoms in total. The largest absolute Gasteiger partial charge is 0.497 e. The third-order valence-electron chi connectivity index (χ3n) is 5.68. The minimum absolute atomic E-state index is 0.0554. The van der Waals surface area contributed by atoms with Gasteiger partial charge in [0, 0.05) is 37.4 Å². The SMILES string of the molecule is COc1cccc(C(=O)N2CCN(c3ccc(NC(=O)Nc4ccc(C(F)(F)F)cc4)cn3)CC2)c1. The zero-order valence-corrected chi connectivity index (χ0v) is 19.4. The molecule has 1 fully saturated rings. The van der Waals surface area contributed by atoms with Gasteiger partial charge in [0.25, 0.3) is 5.91 Å². The van der Waals surface area contributed by atoms with E-state index in [9.17, 15) is 22.8 Å². The van der Waals surface area contributed by atoms with Crippen LogP contribution in [0.15, 0.2) is 66.9 Å². The van der Waals surface area contributed by atoms with Crippen LogP contribution < -0.4 is 20.3 Å². The van der Waals surface area contributed by atoms with Crippen LogP contribution in [0.4, 0.5) is 35.2 Å². The number of nitrogens with one attached hydrogen (secondary N) is 2. The predicted molar refractivity (Wildman–Crippen MR) is 129 cm³/mol. The van der Waals surface area contributed by atoms with E-state index in [0.29, 0.717) is 49.0 Å². The quantitative estimate of drug-likeness (QED) is 0.531. The fourth-order valence-electron chi connectivity index (χ4n) is 3.76. The van der Waals surface area contributed by atoms with Crippen LogP contribution in [0.5, 0.6) is 5.75 Å². The van der Waals surface area contributed by atoms with Gasteiger partial charge in [-0.05, 0) is 54.6 Å². The van der Waals surface area contributed by atoms with Crippen LogP contribution in [0.2, 0.25) is 0 Å². The third-order valence-corrected chi connectivity index (χ3v) is 5.68. The highest BCUT2D eigenvalue weighted by atomic mass is 19.4. The van der Waals surface area contributed by atoms with Crippen LogP contribution in [0.25, 0.3) is 0 Å². The zero-order chi connectivity index (χ0) is 25.7. The van der Waals surface area contributed by atoms with Crippen molar-refractivity contribution in [2.45, 2.75) is 6.18 Å². The lowest BCUT2D eigenvalue weighted by Gasteiger charge is -2.35. The van der Waals surface area contributed by atoms with Gasteiger partial charge < -0.3 is 25.2 Å². The number of amides is 3. The molecule has 0 radical (unpaired) electrons. The van der Waals surface area contributed by atoms with E-state index in [1.807, 2.05) is 4.90 Å². The number of alkyl halides is 3. The molecule has 1 aliphatic heterocycles. The minimum atomic E-state index is -4.44. The maximum Gasteiger partial charge on any atom is 0.416 e. The van der Waals surface area contributed by atoms with E-state index in [0.717, 1.165) is 12.1 Å². The van der Waals surface area contributed by atoms with E-state index in [1.165, 1.54) is 18.3 Å². The highest BCUT2D eigenvalue weighted by molar-refractivity contribution is 5.99. The molecule has 1 saturated heterocycles. The molecule has 3 aromatic rings. The van der Waals surface area contributed by atoms with Crippen LogP contribution in [-0.2, 0) is 6.18 Å². The molecule has 0 bridgehead atoms. The lowest BCUT2D eigenvalue weighted by Crippen LogP contribution is -2.49. The summed E-state index contributed by atoms with van der Waals surface area (Å²) < 4.78 is 43.2. The highest BCUT2D eigenvalue weighted by Crippen LogP contribution is 2.30. The lowest BCUT2D eigenvalue weighted by molar-refractivity contribution is -0.137. The van der Waals surface area contributed by atoms with Crippen molar-refractivity contribution in [2.24, 2.45) is 0 Å². The molecular weight excluding hydrogens is 475 g/mol. The Morgan fingerprint density at radius 3 is 2.19 bits per heavy atom. The Morgan fingerprint density at radius 2 is 1.58 bits per heavy atom. The molecule has 11 heteroatoms. The van der Waals surface area contributed by atoms with Crippen molar-refractivity contribution in [3.8, 4) is 5.75 Å². The van der Waals surface area contributed by atoms with E-state index >= 15 is 0 Å². The summed E-state index contributed by atoms with van der Waals surface area (Å²) in [5.74, 6) is 1.28. The number of aromatic nitrogens is 1. The van der Waals surface area contributed by atoms with Gasteiger partial charge in [0.1, 0.15) is 11.6 Å².